The van der Waals surface area contributed by atoms with Gasteiger partial charge in [0.05, 0.1) is 11.3 Å². The fourth-order valence-electron chi connectivity index (χ4n) is 1.49. The zero-order valence-electron chi connectivity index (χ0n) is 8.52. The Labute approximate surface area is 103 Å². The Morgan fingerprint density at radius 3 is 2.69 bits per heavy atom. The number of benzene rings is 1. The van der Waals surface area contributed by atoms with Gasteiger partial charge in [0.1, 0.15) is 6.07 Å². The Hall–Kier alpha value is -1.66. The van der Waals surface area contributed by atoms with Crippen molar-refractivity contribution in [2.24, 2.45) is 0 Å². The first-order valence-corrected chi connectivity index (χ1v) is 5.67. The second kappa shape index (κ2) is 4.91. The zero-order valence-corrected chi connectivity index (χ0v) is 10.1. The summed E-state index contributed by atoms with van der Waals surface area (Å²) in [6, 6.07) is 14.0. The van der Waals surface area contributed by atoms with Crippen LogP contribution in [0.15, 0.2) is 47.1 Å². The Morgan fingerprint density at radius 2 is 2.00 bits per heavy atom. The molecule has 1 heterocycles. The van der Waals surface area contributed by atoms with Gasteiger partial charge in [0.25, 0.3) is 0 Å². The Balaban J connectivity index is 2.32. The lowest BCUT2D eigenvalue weighted by Crippen LogP contribution is -1.96. The highest BCUT2D eigenvalue weighted by molar-refractivity contribution is 9.10. The second-order valence-corrected chi connectivity index (χ2v) is 4.34. The number of hydrogen-bond acceptors (Lipinski definition) is 2. The molecule has 0 fully saturated rings. The van der Waals surface area contributed by atoms with Crippen LogP contribution in [0.3, 0.4) is 0 Å². The van der Waals surface area contributed by atoms with E-state index in [0.717, 1.165) is 15.7 Å². The van der Waals surface area contributed by atoms with E-state index in [2.05, 4.69) is 27.0 Å². The van der Waals surface area contributed by atoms with E-state index in [-0.39, 0.29) is 0 Å². The third-order valence-corrected chi connectivity index (χ3v) is 2.71. The number of pyridine rings is 1. The Kier molecular flexibility index (Phi) is 3.33. The number of hydrogen-bond donors (Lipinski definition) is 0. The van der Waals surface area contributed by atoms with Gasteiger partial charge in [-0.2, -0.15) is 5.26 Å². The van der Waals surface area contributed by atoms with Gasteiger partial charge in [-0.25, -0.2) is 0 Å². The van der Waals surface area contributed by atoms with E-state index in [1.807, 2.05) is 30.3 Å². The van der Waals surface area contributed by atoms with Gasteiger partial charge in [-0.05, 0) is 27.6 Å². The summed E-state index contributed by atoms with van der Waals surface area (Å²) >= 11 is 3.31. The van der Waals surface area contributed by atoms with E-state index >= 15 is 0 Å². The first-order chi connectivity index (χ1) is 7.79. The highest BCUT2D eigenvalue weighted by Gasteiger charge is 2.05. The van der Waals surface area contributed by atoms with E-state index in [0.29, 0.717) is 12.0 Å². The van der Waals surface area contributed by atoms with Crippen molar-refractivity contribution in [3.63, 3.8) is 0 Å². The largest absolute Gasteiger partial charge is 0.258 e. The highest BCUT2D eigenvalue weighted by Crippen LogP contribution is 2.16. The van der Waals surface area contributed by atoms with E-state index in [9.17, 15) is 0 Å². The summed E-state index contributed by atoms with van der Waals surface area (Å²) in [5, 5.41) is 9.01. The maximum absolute atomic E-state index is 9.01. The van der Waals surface area contributed by atoms with E-state index in [1.165, 1.54) is 0 Å². The molecule has 0 aliphatic carbocycles. The van der Waals surface area contributed by atoms with Crippen LogP contribution < -0.4 is 0 Å². The summed E-state index contributed by atoms with van der Waals surface area (Å²) in [6.07, 6.45) is 2.41. The smallest absolute Gasteiger partial charge is 0.101 e. The Bertz CT molecular complexity index is 529. The van der Waals surface area contributed by atoms with Crippen LogP contribution in [0.4, 0.5) is 0 Å². The number of halogens is 1. The van der Waals surface area contributed by atoms with Gasteiger partial charge >= 0.3 is 0 Å². The minimum absolute atomic E-state index is 0.623. The lowest BCUT2D eigenvalue weighted by atomic mass is 10.1. The molecular formula is C13H9BrN2. The van der Waals surface area contributed by atoms with Gasteiger partial charge in [-0.1, -0.05) is 30.3 Å². The van der Waals surface area contributed by atoms with Crippen molar-refractivity contribution >= 4 is 15.9 Å². The molecule has 0 spiro atoms. The molecule has 0 saturated carbocycles. The first kappa shape index (κ1) is 10.8. The summed E-state index contributed by atoms with van der Waals surface area (Å²) in [5.41, 5.74) is 2.60. The zero-order chi connectivity index (χ0) is 11.4. The second-order valence-electron chi connectivity index (χ2n) is 3.42. The van der Waals surface area contributed by atoms with Crippen LogP contribution in [0.25, 0.3) is 0 Å². The van der Waals surface area contributed by atoms with Crippen molar-refractivity contribution in [2.75, 3.05) is 0 Å². The van der Waals surface area contributed by atoms with E-state index < -0.39 is 0 Å². The predicted molar refractivity (Wildman–Crippen MR) is 65.9 cm³/mol. The molecule has 16 heavy (non-hydrogen) atoms. The highest BCUT2D eigenvalue weighted by atomic mass is 79.9. The molecule has 0 aliphatic heterocycles. The van der Waals surface area contributed by atoms with Crippen molar-refractivity contribution in [3.05, 3.63) is 63.9 Å². The van der Waals surface area contributed by atoms with Gasteiger partial charge in [0.15, 0.2) is 0 Å². The predicted octanol–water partition coefficient (Wildman–Crippen LogP) is 3.31. The molecule has 1 aromatic carbocycles. The fraction of sp³-hybridized carbons (Fsp3) is 0.0769. The number of nitriles is 1. The average molecular weight is 273 g/mol. The van der Waals surface area contributed by atoms with Crippen LogP contribution in [0.5, 0.6) is 0 Å². The molecule has 2 rings (SSSR count). The lowest BCUT2D eigenvalue weighted by Gasteiger charge is -2.03. The molecule has 0 amide bonds. The van der Waals surface area contributed by atoms with Crippen molar-refractivity contribution in [3.8, 4) is 6.07 Å². The van der Waals surface area contributed by atoms with Crippen LogP contribution in [0, 0.1) is 11.3 Å². The van der Waals surface area contributed by atoms with Crippen LogP contribution in [-0.2, 0) is 6.42 Å². The molecule has 0 radical (unpaired) electrons. The molecule has 0 saturated heterocycles. The standard InChI is InChI=1S/C13H9BrN2/c14-12-7-11(8-15)13(16-9-12)6-10-4-2-1-3-5-10/h1-5,7,9H,6H2. The average Bonchev–Trinajstić information content (AvgIpc) is 2.33. The minimum atomic E-state index is 0.623. The Morgan fingerprint density at radius 1 is 1.25 bits per heavy atom. The molecule has 0 N–H and O–H groups in total. The van der Waals surface area contributed by atoms with Crippen molar-refractivity contribution in [2.45, 2.75) is 6.42 Å². The molecule has 0 atom stereocenters. The number of aromatic nitrogens is 1. The lowest BCUT2D eigenvalue weighted by molar-refractivity contribution is 1.06. The third kappa shape index (κ3) is 2.47. The van der Waals surface area contributed by atoms with Crippen molar-refractivity contribution < 1.29 is 0 Å². The summed E-state index contributed by atoms with van der Waals surface area (Å²) in [4.78, 5) is 4.27. The van der Waals surface area contributed by atoms with Gasteiger partial charge in [-0.3, -0.25) is 4.98 Å². The third-order valence-electron chi connectivity index (χ3n) is 2.27. The van der Waals surface area contributed by atoms with E-state index in [4.69, 9.17) is 5.26 Å². The SMILES string of the molecule is N#Cc1cc(Br)cnc1Cc1ccccc1. The quantitative estimate of drug-likeness (QED) is 0.841. The molecule has 0 bridgehead atoms. The normalized spacial score (nSPS) is 9.75. The minimum Gasteiger partial charge on any atom is -0.258 e. The monoisotopic (exact) mass is 272 g/mol. The summed E-state index contributed by atoms with van der Waals surface area (Å²) in [5.74, 6) is 0. The van der Waals surface area contributed by atoms with Gasteiger partial charge in [0, 0.05) is 17.1 Å². The molecule has 78 valence electrons. The van der Waals surface area contributed by atoms with Gasteiger partial charge in [0.2, 0.25) is 0 Å². The molecule has 2 nitrogen and oxygen atoms in total. The fourth-order valence-corrected chi connectivity index (χ4v) is 1.83. The molecule has 0 unspecified atom stereocenters. The van der Waals surface area contributed by atoms with Crippen LogP contribution >= 0.6 is 15.9 Å². The maximum Gasteiger partial charge on any atom is 0.101 e. The maximum atomic E-state index is 9.01. The summed E-state index contributed by atoms with van der Waals surface area (Å²) < 4.78 is 0.834. The van der Waals surface area contributed by atoms with Crippen molar-refractivity contribution in [1.29, 1.82) is 5.26 Å². The molecule has 3 heteroatoms. The topological polar surface area (TPSA) is 36.7 Å². The van der Waals surface area contributed by atoms with Crippen molar-refractivity contribution in [1.82, 2.24) is 4.98 Å². The molecule has 0 aliphatic rings. The van der Waals surface area contributed by atoms with E-state index in [1.54, 1.807) is 12.3 Å². The molecular weight excluding hydrogens is 264 g/mol. The summed E-state index contributed by atoms with van der Waals surface area (Å²) in [7, 11) is 0. The van der Waals surface area contributed by atoms with Gasteiger partial charge in [-0.15, -0.1) is 0 Å². The number of rotatable bonds is 2. The van der Waals surface area contributed by atoms with Crippen LogP contribution in [-0.4, -0.2) is 4.98 Å². The summed E-state index contributed by atoms with van der Waals surface area (Å²) in [6.45, 7) is 0. The van der Waals surface area contributed by atoms with Gasteiger partial charge < -0.3 is 0 Å². The first-order valence-electron chi connectivity index (χ1n) is 4.88. The van der Waals surface area contributed by atoms with Crippen LogP contribution in [0.2, 0.25) is 0 Å². The molecule has 1 aromatic heterocycles. The molecule has 2 aromatic rings. The van der Waals surface area contributed by atoms with Crippen LogP contribution in [0.1, 0.15) is 16.8 Å². The number of nitrogens with zero attached hydrogens (tertiary/aromatic N) is 2.